The van der Waals surface area contributed by atoms with Gasteiger partial charge in [0.05, 0.1) is 17.4 Å². The Labute approximate surface area is 192 Å². The molecule has 6 nitrogen and oxygen atoms in total. The van der Waals surface area contributed by atoms with Crippen molar-refractivity contribution in [1.82, 2.24) is 25.9 Å². The molecule has 9 heteroatoms. The number of unbranched alkanes of at least 4 members (excludes halogenated alkanes) is 1. The number of hydrogen-bond acceptors (Lipinski definition) is 4. The molecule has 0 spiro atoms. The van der Waals surface area contributed by atoms with Crippen molar-refractivity contribution in [2.45, 2.75) is 51.0 Å². The third-order valence-electron chi connectivity index (χ3n) is 5.10. The Bertz CT molecular complexity index is 692. The predicted molar refractivity (Wildman–Crippen MR) is 127 cm³/mol. The first-order valence-corrected chi connectivity index (χ1v) is 9.99. The lowest BCUT2D eigenvalue weighted by atomic mass is 9.95. The van der Waals surface area contributed by atoms with E-state index in [0.29, 0.717) is 12.1 Å². The molecule has 166 valence electrons. The van der Waals surface area contributed by atoms with E-state index in [1.807, 2.05) is 18.2 Å². The highest BCUT2D eigenvalue weighted by Gasteiger charge is 2.12. The van der Waals surface area contributed by atoms with E-state index < -0.39 is 0 Å². The van der Waals surface area contributed by atoms with Gasteiger partial charge in [-0.15, -0.1) is 37.2 Å². The highest BCUT2D eigenvalue weighted by molar-refractivity contribution is 6.04. The number of benzene rings is 1. The number of amides is 1. The topological polar surface area (TPSA) is 81.8 Å². The van der Waals surface area contributed by atoms with Crippen LogP contribution in [0.3, 0.4) is 0 Å². The highest BCUT2D eigenvalue weighted by atomic mass is 35.5. The normalized spacial score (nSPS) is 13.8. The van der Waals surface area contributed by atoms with Crippen molar-refractivity contribution >= 4 is 54.2 Å². The molecule has 1 aromatic carbocycles. The molecule has 0 unspecified atom stereocenters. The molecule has 1 aliphatic rings. The van der Waals surface area contributed by atoms with Crippen LogP contribution in [0.2, 0.25) is 0 Å². The molecule has 29 heavy (non-hydrogen) atoms. The predicted octanol–water partition coefficient (Wildman–Crippen LogP) is 3.85. The third kappa shape index (κ3) is 9.09. The van der Waals surface area contributed by atoms with E-state index in [4.69, 9.17) is 0 Å². The van der Waals surface area contributed by atoms with Crippen LogP contribution in [0.1, 0.15) is 55.3 Å². The molecule has 0 bridgehead atoms. The zero-order valence-electron chi connectivity index (χ0n) is 16.7. The number of para-hydroxylation sites is 1. The van der Waals surface area contributed by atoms with E-state index in [2.05, 4.69) is 25.9 Å². The number of aromatic nitrogens is 2. The van der Waals surface area contributed by atoms with Gasteiger partial charge in [0.25, 0.3) is 5.91 Å². The van der Waals surface area contributed by atoms with E-state index in [1.165, 1.54) is 32.1 Å². The summed E-state index contributed by atoms with van der Waals surface area (Å²) >= 11 is 0. The molecule has 0 radical (unpaired) electrons. The fourth-order valence-electron chi connectivity index (χ4n) is 3.62. The minimum Gasteiger partial charge on any atom is -0.352 e. The molecule has 2 aromatic rings. The summed E-state index contributed by atoms with van der Waals surface area (Å²) in [6.07, 6.45) is 10.5. The van der Waals surface area contributed by atoms with Crippen LogP contribution in [0.5, 0.6) is 0 Å². The molecule has 1 amide bonds. The Kier molecular flexibility index (Phi) is 15.2. The molecule has 1 aromatic heterocycles. The van der Waals surface area contributed by atoms with Crippen molar-refractivity contribution in [1.29, 1.82) is 0 Å². The lowest BCUT2D eigenvalue weighted by Gasteiger charge is -2.22. The molecule has 3 rings (SSSR count). The second-order valence-electron chi connectivity index (χ2n) is 7.11. The summed E-state index contributed by atoms with van der Waals surface area (Å²) in [4.78, 5) is 19.6. The van der Waals surface area contributed by atoms with Crippen molar-refractivity contribution in [2.24, 2.45) is 0 Å². The van der Waals surface area contributed by atoms with E-state index in [-0.39, 0.29) is 43.1 Å². The van der Waals surface area contributed by atoms with Gasteiger partial charge >= 0.3 is 0 Å². The SMILES string of the molecule is Cl.Cl.Cl.O=C(NCCCCNCCNC1CCCCC1)c1cccc2[nH]cnc12. The van der Waals surface area contributed by atoms with Crippen LogP contribution in [0.4, 0.5) is 0 Å². The van der Waals surface area contributed by atoms with Gasteiger partial charge in [0, 0.05) is 25.7 Å². The first-order valence-electron chi connectivity index (χ1n) is 9.99. The van der Waals surface area contributed by atoms with E-state index >= 15 is 0 Å². The number of rotatable bonds is 10. The maximum Gasteiger partial charge on any atom is 0.253 e. The lowest BCUT2D eigenvalue weighted by Crippen LogP contribution is -2.36. The Morgan fingerprint density at radius 1 is 1.00 bits per heavy atom. The molecule has 4 N–H and O–H groups in total. The van der Waals surface area contributed by atoms with Gasteiger partial charge in [-0.1, -0.05) is 25.3 Å². The molecule has 1 fully saturated rings. The lowest BCUT2D eigenvalue weighted by molar-refractivity contribution is 0.0954. The number of imidazole rings is 1. The number of aromatic amines is 1. The first-order chi connectivity index (χ1) is 12.8. The molecule has 1 aliphatic carbocycles. The summed E-state index contributed by atoms with van der Waals surface area (Å²) in [6.45, 7) is 3.76. The third-order valence-corrected chi connectivity index (χ3v) is 5.10. The maximum absolute atomic E-state index is 12.3. The first kappa shape index (κ1) is 27.9. The summed E-state index contributed by atoms with van der Waals surface area (Å²) < 4.78 is 0. The summed E-state index contributed by atoms with van der Waals surface area (Å²) in [5.74, 6) is -0.0488. The number of H-pyrrole nitrogens is 1. The number of nitrogens with zero attached hydrogens (tertiary/aromatic N) is 1. The van der Waals surface area contributed by atoms with Gasteiger partial charge in [0.15, 0.2) is 0 Å². The molecule has 0 aliphatic heterocycles. The molecular weight excluding hydrogens is 433 g/mol. The average molecular weight is 467 g/mol. The van der Waals surface area contributed by atoms with Crippen LogP contribution in [0.15, 0.2) is 24.5 Å². The van der Waals surface area contributed by atoms with Gasteiger partial charge in [-0.05, 0) is 44.4 Å². The van der Waals surface area contributed by atoms with Crippen molar-refractivity contribution in [3.05, 3.63) is 30.1 Å². The number of carbonyl (C=O) groups is 1. The summed E-state index contributed by atoms with van der Waals surface area (Å²) in [5, 5.41) is 10.1. The molecular formula is C20H34Cl3N5O. The van der Waals surface area contributed by atoms with Gasteiger partial charge in [-0.25, -0.2) is 4.98 Å². The number of nitrogens with one attached hydrogen (secondary N) is 4. The van der Waals surface area contributed by atoms with Gasteiger partial charge in [0.1, 0.15) is 5.52 Å². The van der Waals surface area contributed by atoms with Crippen molar-refractivity contribution in [3.63, 3.8) is 0 Å². The van der Waals surface area contributed by atoms with E-state index in [1.54, 1.807) is 6.33 Å². The van der Waals surface area contributed by atoms with Gasteiger partial charge in [0.2, 0.25) is 0 Å². The maximum atomic E-state index is 12.3. The second kappa shape index (κ2) is 15.7. The largest absolute Gasteiger partial charge is 0.352 e. The second-order valence-corrected chi connectivity index (χ2v) is 7.11. The summed E-state index contributed by atoms with van der Waals surface area (Å²) in [7, 11) is 0. The van der Waals surface area contributed by atoms with E-state index in [9.17, 15) is 4.79 Å². The van der Waals surface area contributed by atoms with Gasteiger partial charge < -0.3 is 20.9 Å². The standard InChI is InChI=1S/C20H31N5O.3ClH/c26-20(17-9-6-10-18-19(17)25-15-24-18)23-12-5-4-11-21-13-14-22-16-7-2-1-3-8-16;;;/h6,9-10,15-16,21-22H,1-5,7-8,11-14H2,(H,23,26)(H,24,25);3*1H. The van der Waals surface area contributed by atoms with E-state index in [0.717, 1.165) is 49.6 Å². The number of fused-ring (bicyclic) bond motifs is 1. The minimum atomic E-state index is -0.0488. The zero-order valence-corrected chi connectivity index (χ0v) is 19.2. The van der Waals surface area contributed by atoms with Crippen LogP contribution in [-0.2, 0) is 0 Å². The zero-order chi connectivity index (χ0) is 18.0. The van der Waals surface area contributed by atoms with Crippen LogP contribution in [0.25, 0.3) is 11.0 Å². The van der Waals surface area contributed by atoms with Crippen molar-refractivity contribution in [2.75, 3.05) is 26.2 Å². The minimum absolute atomic E-state index is 0. The van der Waals surface area contributed by atoms with Crippen LogP contribution < -0.4 is 16.0 Å². The summed E-state index contributed by atoms with van der Waals surface area (Å²) in [5.41, 5.74) is 2.26. The van der Waals surface area contributed by atoms with Crippen molar-refractivity contribution in [3.8, 4) is 0 Å². The molecule has 0 atom stereocenters. The van der Waals surface area contributed by atoms with Crippen LogP contribution in [0, 0.1) is 0 Å². The monoisotopic (exact) mass is 465 g/mol. The quantitative estimate of drug-likeness (QED) is 0.401. The van der Waals surface area contributed by atoms with Crippen LogP contribution >= 0.6 is 37.2 Å². The Morgan fingerprint density at radius 2 is 1.76 bits per heavy atom. The Morgan fingerprint density at radius 3 is 2.55 bits per heavy atom. The smallest absolute Gasteiger partial charge is 0.253 e. The highest BCUT2D eigenvalue weighted by Crippen LogP contribution is 2.17. The van der Waals surface area contributed by atoms with Crippen molar-refractivity contribution < 1.29 is 4.79 Å². The average Bonchev–Trinajstić information content (AvgIpc) is 3.16. The van der Waals surface area contributed by atoms with Gasteiger partial charge in [-0.3, -0.25) is 4.79 Å². The fourth-order valence-corrected chi connectivity index (χ4v) is 3.62. The Hall–Kier alpha value is -1.05. The molecule has 0 saturated heterocycles. The van der Waals surface area contributed by atoms with Gasteiger partial charge in [-0.2, -0.15) is 0 Å². The number of hydrogen-bond donors (Lipinski definition) is 4. The molecule has 1 saturated carbocycles. The molecule has 1 heterocycles. The fraction of sp³-hybridized carbons (Fsp3) is 0.600. The van der Waals surface area contributed by atoms with Crippen LogP contribution in [-0.4, -0.2) is 48.1 Å². The summed E-state index contributed by atoms with van der Waals surface area (Å²) in [6, 6.07) is 6.35. The Balaban J connectivity index is 0.00000261. The number of carbonyl (C=O) groups excluding carboxylic acids is 1. The number of halogens is 3.